The number of nitrogens with zero attached hydrogens (tertiary/aromatic N) is 2. The lowest BCUT2D eigenvalue weighted by Gasteiger charge is -2.33. The molecule has 10 heteroatoms. The zero-order valence-corrected chi connectivity index (χ0v) is 19.8. The minimum Gasteiger partial charge on any atom is -0.480 e. The zero-order valence-electron chi connectivity index (χ0n) is 19.0. The third-order valence-corrected chi connectivity index (χ3v) is 7.44. The fraction of sp³-hybridized carbons (Fsp3) is 0.240. The van der Waals surface area contributed by atoms with Gasteiger partial charge in [-0.3, -0.25) is 9.59 Å². The van der Waals surface area contributed by atoms with Crippen molar-refractivity contribution in [1.82, 2.24) is 9.29 Å². The number of carboxylic acid groups (broad SMARTS) is 1. The summed E-state index contributed by atoms with van der Waals surface area (Å²) in [6.45, 7) is 2.11. The third kappa shape index (κ3) is 5.33. The largest absolute Gasteiger partial charge is 0.480 e. The quantitative estimate of drug-likeness (QED) is 0.471. The highest BCUT2D eigenvalue weighted by Gasteiger charge is 2.40. The van der Waals surface area contributed by atoms with E-state index >= 15 is 0 Å². The number of hydrogen-bond donors (Lipinski definition) is 1. The van der Waals surface area contributed by atoms with Crippen molar-refractivity contribution < 1.29 is 32.6 Å². The van der Waals surface area contributed by atoms with E-state index in [-0.39, 0.29) is 29.7 Å². The Morgan fingerprint density at radius 3 is 2.49 bits per heavy atom. The van der Waals surface area contributed by atoms with Crippen molar-refractivity contribution in [3.8, 4) is 11.6 Å². The Morgan fingerprint density at radius 1 is 1.09 bits per heavy atom. The fourth-order valence-electron chi connectivity index (χ4n) is 3.95. The molecule has 0 aliphatic carbocycles. The van der Waals surface area contributed by atoms with Crippen LogP contribution in [0.25, 0.3) is 0 Å². The third-order valence-electron chi connectivity index (χ3n) is 5.59. The van der Waals surface area contributed by atoms with Crippen molar-refractivity contribution in [2.45, 2.75) is 30.7 Å². The molecule has 3 aromatic rings. The molecule has 2 aromatic carbocycles. The number of sulfonamides is 1. The summed E-state index contributed by atoms with van der Waals surface area (Å²) in [5.74, 6) is -0.929. The first-order chi connectivity index (χ1) is 16.8. The second kappa shape index (κ2) is 10.2. The molecular formula is C25H24N2O7S. The number of carbonyl (C=O) groups is 2. The number of esters is 1. The topological polar surface area (TPSA) is 123 Å². The first-order valence-corrected chi connectivity index (χ1v) is 12.4. The Balaban J connectivity index is 1.49. The van der Waals surface area contributed by atoms with Gasteiger partial charge in [-0.15, -0.1) is 0 Å². The molecule has 0 spiro atoms. The highest BCUT2D eigenvalue weighted by atomic mass is 32.2. The molecule has 35 heavy (non-hydrogen) atoms. The summed E-state index contributed by atoms with van der Waals surface area (Å²) >= 11 is 0. The van der Waals surface area contributed by atoms with Crippen LogP contribution in [0, 0.1) is 0 Å². The van der Waals surface area contributed by atoms with Crippen LogP contribution in [0.5, 0.6) is 11.6 Å². The molecule has 1 atom stereocenters. The number of hydrogen-bond acceptors (Lipinski definition) is 7. The van der Waals surface area contributed by atoms with E-state index in [0.717, 1.165) is 21.6 Å². The second-order valence-corrected chi connectivity index (χ2v) is 9.76. The lowest BCUT2D eigenvalue weighted by molar-refractivity contribution is -0.143. The van der Waals surface area contributed by atoms with E-state index in [1.54, 1.807) is 49.4 Å². The normalized spacial score (nSPS) is 15.7. The Labute approximate surface area is 203 Å². The van der Waals surface area contributed by atoms with Crippen LogP contribution in [0.3, 0.4) is 0 Å². The van der Waals surface area contributed by atoms with Crippen molar-refractivity contribution in [3.05, 3.63) is 83.6 Å². The number of carbonyl (C=O) groups excluding carboxylic acids is 1. The smallest absolute Gasteiger partial charge is 0.326 e. The van der Waals surface area contributed by atoms with Crippen LogP contribution in [0.4, 0.5) is 0 Å². The number of benzene rings is 2. The lowest BCUT2D eigenvalue weighted by atomic mass is 9.94. The molecule has 0 bridgehead atoms. The molecule has 1 N–H and O–H groups in total. The van der Waals surface area contributed by atoms with Gasteiger partial charge in [0.05, 0.1) is 19.2 Å². The first-order valence-electron chi connectivity index (χ1n) is 11.0. The van der Waals surface area contributed by atoms with Gasteiger partial charge in [0.25, 0.3) is 0 Å². The number of carboxylic acids is 1. The zero-order chi connectivity index (χ0) is 25.0. The minimum atomic E-state index is -4.12. The molecule has 0 amide bonds. The van der Waals surface area contributed by atoms with Crippen molar-refractivity contribution in [3.63, 3.8) is 0 Å². The number of ether oxygens (including phenoxy) is 2. The molecule has 0 saturated heterocycles. The van der Waals surface area contributed by atoms with Gasteiger partial charge < -0.3 is 14.6 Å². The van der Waals surface area contributed by atoms with E-state index < -0.39 is 22.0 Å². The second-order valence-electron chi connectivity index (χ2n) is 7.87. The van der Waals surface area contributed by atoms with Crippen LogP contribution in [0.1, 0.15) is 29.7 Å². The van der Waals surface area contributed by atoms with Crippen LogP contribution >= 0.6 is 0 Å². The molecule has 1 aliphatic heterocycles. The molecule has 0 saturated carbocycles. The average Bonchev–Trinajstić information content (AvgIpc) is 2.85. The highest BCUT2D eigenvalue weighted by molar-refractivity contribution is 7.89. The van der Waals surface area contributed by atoms with Gasteiger partial charge in [0.1, 0.15) is 16.7 Å². The van der Waals surface area contributed by atoms with Crippen LogP contribution in [0.15, 0.2) is 71.8 Å². The predicted molar refractivity (Wildman–Crippen MR) is 126 cm³/mol. The van der Waals surface area contributed by atoms with Crippen molar-refractivity contribution in [1.29, 1.82) is 0 Å². The standard InChI is InChI=1S/C25H24N2O7S/c1-2-33-23(28)15-17-7-9-19(10-8-17)34-22-12-11-20(16-26-22)35(31,32)27-14-13-18-5-3-4-6-21(18)24(27)25(29)30/h3-12,16,24H,2,13-15H2,1H3,(H,29,30). The SMILES string of the molecule is CCOC(=O)Cc1ccc(Oc2ccc(S(=O)(=O)N3CCc4ccccc4C3C(=O)O)cn2)cc1. The molecule has 4 rings (SSSR count). The van der Waals surface area contributed by atoms with Crippen molar-refractivity contribution in [2.75, 3.05) is 13.2 Å². The summed E-state index contributed by atoms with van der Waals surface area (Å²) in [7, 11) is -4.12. The van der Waals surface area contributed by atoms with Crippen LogP contribution in [-0.2, 0) is 37.2 Å². The van der Waals surface area contributed by atoms with E-state index in [4.69, 9.17) is 9.47 Å². The van der Waals surface area contributed by atoms with Gasteiger partial charge in [-0.2, -0.15) is 4.31 Å². The molecule has 2 heterocycles. The number of fused-ring (bicyclic) bond motifs is 1. The average molecular weight is 497 g/mol. The molecule has 0 radical (unpaired) electrons. The minimum absolute atomic E-state index is 0.0483. The molecule has 9 nitrogen and oxygen atoms in total. The number of rotatable bonds is 8. The van der Waals surface area contributed by atoms with Gasteiger partial charge in [0, 0.05) is 12.6 Å². The van der Waals surface area contributed by atoms with Gasteiger partial charge in [0.15, 0.2) is 0 Å². The van der Waals surface area contributed by atoms with Gasteiger partial charge >= 0.3 is 11.9 Å². The van der Waals surface area contributed by atoms with Gasteiger partial charge in [-0.1, -0.05) is 36.4 Å². The summed E-state index contributed by atoms with van der Waals surface area (Å²) < 4.78 is 38.2. The summed E-state index contributed by atoms with van der Waals surface area (Å²) in [6.07, 6.45) is 1.72. The summed E-state index contributed by atoms with van der Waals surface area (Å²) in [5.41, 5.74) is 2.05. The summed E-state index contributed by atoms with van der Waals surface area (Å²) in [5, 5.41) is 9.80. The first kappa shape index (κ1) is 24.4. The van der Waals surface area contributed by atoms with Crippen LogP contribution in [0.2, 0.25) is 0 Å². The van der Waals surface area contributed by atoms with Gasteiger partial charge in [-0.25, -0.2) is 13.4 Å². The molecule has 1 aliphatic rings. The molecule has 1 aromatic heterocycles. The predicted octanol–water partition coefficient (Wildman–Crippen LogP) is 3.35. The maximum atomic E-state index is 13.3. The van der Waals surface area contributed by atoms with E-state index in [2.05, 4.69) is 4.98 Å². The fourth-order valence-corrected chi connectivity index (χ4v) is 5.46. The van der Waals surface area contributed by atoms with Crippen molar-refractivity contribution >= 4 is 22.0 Å². The van der Waals surface area contributed by atoms with Gasteiger partial charge in [-0.05, 0) is 48.2 Å². The van der Waals surface area contributed by atoms with Crippen molar-refractivity contribution in [2.24, 2.45) is 0 Å². The monoisotopic (exact) mass is 496 g/mol. The Kier molecular flexibility index (Phi) is 7.13. The molecule has 0 fully saturated rings. The molecule has 1 unspecified atom stereocenters. The number of aromatic nitrogens is 1. The summed E-state index contributed by atoms with van der Waals surface area (Å²) in [4.78, 5) is 27.6. The highest BCUT2D eigenvalue weighted by Crippen LogP contribution is 2.34. The molecular weight excluding hydrogens is 472 g/mol. The maximum absolute atomic E-state index is 13.3. The lowest BCUT2D eigenvalue weighted by Crippen LogP contribution is -2.43. The number of aliphatic carboxylic acids is 1. The van der Waals surface area contributed by atoms with E-state index in [1.807, 2.05) is 6.07 Å². The van der Waals surface area contributed by atoms with Gasteiger partial charge in [0.2, 0.25) is 15.9 Å². The van der Waals surface area contributed by atoms with E-state index in [1.165, 1.54) is 12.1 Å². The van der Waals surface area contributed by atoms with Crippen LogP contribution in [-0.4, -0.2) is 47.9 Å². The summed E-state index contributed by atoms with van der Waals surface area (Å²) in [6, 6.07) is 15.2. The van der Waals surface area contributed by atoms with Crippen LogP contribution < -0.4 is 4.74 Å². The maximum Gasteiger partial charge on any atom is 0.326 e. The molecule has 182 valence electrons. The van der Waals surface area contributed by atoms with E-state index in [9.17, 15) is 23.1 Å². The Morgan fingerprint density at radius 2 is 1.83 bits per heavy atom. The Hall–Kier alpha value is -3.76. The number of pyridine rings is 1. The Bertz CT molecular complexity index is 1320. The van der Waals surface area contributed by atoms with E-state index in [0.29, 0.717) is 24.3 Å².